The zero-order valence-electron chi connectivity index (χ0n) is 11.0. The summed E-state index contributed by atoms with van der Waals surface area (Å²) in [5.41, 5.74) is 9.77. The summed E-state index contributed by atoms with van der Waals surface area (Å²) in [7, 11) is 0. The van der Waals surface area contributed by atoms with Crippen LogP contribution in [0.15, 0.2) is 6.07 Å². The minimum atomic E-state index is 0.419. The summed E-state index contributed by atoms with van der Waals surface area (Å²) < 4.78 is 8.12. The number of hydrogen-bond donors (Lipinski definition) is 1. The van der Waals surface area contributed by atoms with E-state index in [-0.39, 0.29) is 0 Å². The minimum absolute atomic E-state index is 0.419. The maximum Gasteiger partial charge on any atom is 0.0754 e. The monoisotopic (exact) mass is 236 g/mol. The summed E-state index contributed by atoms with van der Waals surface area (Å²) in [6.45, 7) is 7.13. The van der Waals surface area contributed by atoms with Gasteiger partial charge in [0.1, 0.15) is 0 Å². The topological polar surface area (TPSA) is 40.2 Å². The second kappa shape index (κ2) is 5.69. The number of hydrogen-bond acceptors (Lipinski definition) is 2. The molecule has 1 aromatic heterocycles. The standard InChI is InChI=1S/C14H24N2O/c1-11-9-13(5-3-7-15)12(2)16(11)10-14-6-4-8-17-14/h9,14H,3-8,10,15H2,1-2H3. The molecule has 0 bridgehead atoms. The van der Waals surface area contributed by atoms with Crippen molar-refractivity contribution >= 4 is 0 Å². The van der Waals surface area contributed by atoms with E-state index < -0.39 is 0 Å². The molecule has 0 amide bonds. The minimum Gasteiger partial charge on any atom is -0.376 e. The van der Waals surface area contributed by atoms with Crippen LogP contribution < -0.4 is 5.73 Å². The first kappa shape index (κ1) is 12.7. The van der Waals surface area contributed by atoms with Gasteiger partial charge in [-0.25, -0.2) is 0 Å². The van der Waals surface area contributed by atoms with Crippen LogP contribution in [-0.4, -0.2) is 23.8 Å². The smallest absolute Gasteiger partial charge is 0.0754 e. The number of rotatable bonds is 5. The van der Waals surface area contributed by atoms with Crippen LogP contribution >= 0.6 is 0 Å². The van der Waals surface area contributed by atoms with Crippen LogP contribution in [-0.2, 0) is 17.7 Å². The molecule has 0 spiro atoms. The van der Waals surface area contributed by atoms with E-state index in [2.05, 4.69) is 24.5 Å². The van der Waals surface area contributed by atoms with Crippen molar-refractivity contribution in [3.05, 3.63) is 23.0 Å². The van der Waals surface area contributed by atoms with Gasteiger partial charge in [0.05, 0.1) is 6.10 Å². The van der Waals surface area contributed by atoms with Gasteiger partial charge in [-0.15, -0.1) is 0 Å². The van der Waals surface area contributed by atoms with Crippen molar-refractivity contribution in [2.24, 2.45) is 5.73 Å². The summed E-state index contributed by atoms with van der Waals surface area (Å²) in [5.74, 6) is 0. The van der Waals surface area contributed by atoms with Gasteiger partial charge in [-0.05, 0) is 57.7 Å². The molecule has 1 aliphatic rings. The molecule has 3 nitrogen and oxygen atoms in total. The van der Waals surface area contributed by atoms with Crippen LogP contribution in [0.1, 0.15) is 36.2 Å². The summed E-state index contributed by atoms with van der Waals surface area (Å²) >= 11 is 0. The molecule has 0 radical (unpaired) electrons. The molecule has 1 fully saturated rings. The van der Waals surface area contributed by atoms with Gasteiger partial charge in [-0.3, -0.25) is 0 Å². The highest BCUT2D eigenvalue weighted by atomic mass is 16.5. The van der Waals surface area contributed by atoms with Crippen molar-refractivity contribution in [2.75, 3.05) is 13.2 Å². The number of ether oxygens (including phenoxy) is 1. The lowest BCUT2D eigenvalue weighted by atomic mass is 10.1. The molecular weight excluding hydrogens is 212 g/mol. The number of aromatic nitrogens is 1. The number of aryl methyl sites for hydroxylation is 2. The van der Waals surface area contributed by atoms with Gasteiger partial charge in [0.25, 0.3) is 0 Å². The van der Waals surface area contributed by atoms with Crippen LogP contribution in [0.2, 0.25) is 0 Å². The van der Waals surface area contributed by atoms with Crippen LogP contribution in [0.4, 0.5) is 0 Å². The van der Waals surface area contributed by atoms with E-state index in [1.54, 1.807) is 0 Å². The maximum atomic E-state index is 5.72. The first-order valence-electron chi connectivity index (χ1n) is 6.69. The third-order valence-corrected chi connectivity index (χ3v) is 3.74. The lowest BCUT2D eigenvalue weighted by Crippen LogP contribution is -2.17. The summed E-state index contributed by atoms with van der Waals surface area (Å²) in [4.78, 5) is 0. The molecule has 1 aromatic rings. The van der Waals surface area contributed by atoms with E-state index in [1.807, 2.05) is 0 Å². The molecule has 1 unspecified atom stereocenters. The molecule has 1 aliphatic heterocycles. The van der Waals surface area contributed by atoms with Gasteiger partial charge in [0.2, 0.25) is 0 Å². The Morgan fingerprint density at radius 3 is 2.94 bits per heavy atom. The van der Waals surface area contributed by atoms with Gasteiger partial charge in [-0.1, -0.05) is 0 Å². The first-order chi connectivity index (χ1) is 8.22. The first-order valence-corrected chi connectivity index (χ1v) is 6.69. The van der Waals surface area contributed by atoms with E-state index in [4.69, 9.17) is 10.5 Å². The van der Waals surface area contributed by atoms with E-state index in [1.165, 1.54) is 29.8 Å². The zero-order valence-corrected chi connectivity index (χ0v) is 11.0. The molecule has 2 rings (SSSR count). The SMILES string of the molecule is Cc1cc(CCCN)c(C)n1CC1CCCO1. The Bertz CT molecular complexity index is 365. The van der Waals surface area contributed by atoms with Crippen molar-refractivity contribution in [1.82, 2.24) is 4.57 Å². The van der Waals surface area contributed by atoms with Crippen LogP contribution in [0.25, 0.3) is 0 Å². The third-order valence-electron chi connectivity index (χ3n) is 3.74. The molecule has 3 heteroatoms. The summed E-state index contributed by atoms with van der Waals surface area (Å²) in [6, 6.07) is 2.31. The molecule has 2 N–H and O–H groups in total. The molecule has 0 saturated carbocycles. The second-order valence-corrected chi connectivity index (χ2v) is 5.03. The average molecular weight is 236 g/mol. The molecule has 1 atom stereocenters. The van der Waals surface area contributed by atoms with Crippen molar-refractivity contribution in [3.63, 3.8) is 0 Å². The molecule has 17 heavy (non-hydrogen) atoms. The van der Waals surface area contributed by atoms with Crippen LogP contribution in [0.3, 0.4) is 0 Å². The summed E-state index contributed by atoms with van der Waals surface area (Å²) in [5, 5.41) is 0. The molecule has 0 aliphatic carbocycles. The Morgan fingerprint density at radius 2 is 2.29 bits per heavy atom. The summed E-state index contributed by atoms with van der Waals surface area (Å²) in [6.07, 6.45) is 5.01. The van der Waals surface area contributed by atoms with Crippen LogP contribution in [0.5, 0.6) is 0 Å². The largest absolute Gasteiger partial charge is 0.376 e. The average Bonchev–Trinajstić information content (AvgIpc) is 2.90. The molecule has 2 heterocycles. The van der Waals surface area contributed by atoms with Crippen molar-refractivity contribution in [1.29, 1.82) is 0 Å². The lowest BCUT2D eigenvalue weighted by molar-refractivity contribution is 0.0961. The Kier molecular flexibility index (Phi) is 4.24. The lowest BCUT2D eigenvalue weighted by Gasteiger charge is -2.15. The highest BCUT2D eigenvalue weighted by Crippen LogP contribution is 2.20. The van der Waals surface area contributed by atoms with Gasteiger partial charge < -0.3 is 15.0 Å². The molecule has 1 saturated heterocycles. The van der Waals surface area contributed by atoms with E-state index in [0.29, 0.717) is 6.10 Å². The Morgan fingerprint density at radius 1 is 1.47 bits per heavy atom. The quantitative estimate of drug-likeness (QED) is 0.851. The van der Waals surface area contributed by atoms with Gasteiger partial charge in [-0.2, -0.15) is 0 Å². The Labute approximate surface area is 104 Å². The number of nitrogens with two attached hydrogens (primary N) is 1. The van der Waals surface area contributed by atoms with Crippen molar-refractivity contribution in [3.8, 4) is 0 Å². The predicted octanol–water partition coefficient (Wildman–Crippen LogP) is 2.18. The second-order valence-electron chi connectivity index (χ2n) is 5.03. The van der Waals surface area contributed by atoms with Gasteiger partial charge in [0.15, 0.2) is 0 Å². The van der Waals surface area contributed by atoms with E-state index in [9.17, 15) is 0 Å². The highest BCUT2D eigenvalue weighted by molar-refractivity contribution is 5.27. The Balaban J connectivity index is 2.07. The maximum absolute atomic E-state index is 5.72. The molecule has 0 aromatic carbocycles. The normalized spacial score (nSPS) is 20.1. The zero-order chi connectivity index (χ0) is 12.3. The predicted molar refractivity (Wildman–Crippen MR) is 70.3 cm³/mol. The van der Waals surface area contributed by atoms with Crippen molar-refractivity contribution < 1.29 is 4.74 Å². The fraction of sp³-hybridized carbons (Fsp3) is 0.714. The highest BCUT2D eigenvalue weighted by Gasteiger charge is 2.18. The van der Waals surface area contributed by atoms with Gasteiger partial charge >= 0.3 is 0 Å². The van der Waals surface area contributed by atoms with Crippen LogP contribution in [0, 0.1) is 13.8 Å². The molecule has 96 valence electrons. The number of nitrogens with zero attached hydrogens (tertiary/aromatic N) is 1. The van der Waals surface area contributed by atoms with Crippen molar-refractivity contribution in [2.45, 2.75) is 52.2 Å². The van der Waals surface area contributed by atoms with E-state index >= 15 is 0 Å². The van der Waals surface area contributed by atoms with Gasteiger partial charge in [0, 0.05) is 24.5 Å². The van der Waals surface area contributed by atoms with E-state index in [0.717, 1.165) is 32.5 Å². The third kappa shape index (κ3) is 2.90. The molecular formula is C14H24N2O. The Hall–Kier alpha value is -0.800. The fourth-order valence-electron chi connectivity index (χ4n) is 2.69. The fourth-order valence-corrected chi connectivity index (χ4v) is 2.69.